The van der Waals surface area contributed by atoms with E-state index in [9.17, 15) is 0 Å². The van der Waals surface area contributed by atoms with Gasteiger partial charge in [-0.2, -0.15) is 0 Å². The Labute approximate surface area is 135 Å². The fourth-order valence-electron chi connectivity index (χ4n) is 2.15. The lowest BCUT2D eigenvalue weighted by molar-refractivity contribution is 0.587. The van der Waals surface area contributed by atoms with Crippen molar-refractivity contribution in [3.63, 3.8) is 0 Å². The van der Waals surface area contributed by atoms with Crippen LogP contribution in [-0.2, 0) is 5.41 Å². The van der Waals surface area contributed by atoms with Gasteiger partial charge < -0.3 is 0 Å². The summed E-state index contributed by atoms with van der Waals surface area (Å²) in [7, 11) is 0. The number of hydrogen-bond acceptors (Lipinski definition) is 3. The SMILES string of the molecule is CC(C)(C)c1ccc(C(NN)c2ncc(Cl)cc2Cl)cc1. The summed E-state index contributed by atoms with van der Waals surface area (Å²) in [5.41, 5.74) is 5.80. The summed E-state index contributed by atoms with van der Waals surface area (Å²) in [4.78, 5) is 4.29. The fraction of sp³-hybridized carbons (Fsp3) is 0.312. The molecule has 0 amide bonds. The Kier molecular flexibility index (Phi) is 4.89. The van der Waals surface area contributed by atoms with Crippen LogP contribution in [-0.4, -0.2) is 4.98 Å². The van der Waals surface area contributed by atoms with Gasteiger partial charge in [-0.05, 0) is 22.6 Å². The quantitative estimate of drug-likeness (QED) is 0.656. The number of hydrazine groups is 1. The zero-order chi connectivity index (χ0) is 15.6. The molecular formula is C16H19Cl2N3. The molecule has 1 unspecified atom stereocenters. The van der Waals surface area contributed by atoms with E-state index in [1.807, 2.05) is 12.1 Å². The largest absolute Gasteiger partial charge is 0.271 e. The molecule has 0 bridgehead atoms. The van der Waals surface area contributed by atoms with Gasteiger partial charge in [0, 0.05) is 6.20 Å². The van der Waals surface area contributed by atoms with E-state index in [2.05, 4.69) is 43.3 Å². The van der Waals surface area contributed by atoms with Crippen molar-refractivity contribution in [3.8, 4) is 0 Å². The molecule has 5 heteroatoms. The Morgan fingerprint density at radius 1 is 1.14 bits per heavy atom. The number of pyridine rings is 1. The van der Waals surface area contributed by atoms with Crippen molar-refractivity contribution in [1.82, 2.24) is 10.4 Å². The number of rotatable bonds is 3. The molecule has 0 aliphatic heterocycles. The molecule has 21 heavy (non-hydrogen) atoms. The van der Waals surface area contributed by atoms with Gasteiger partial charge >= 0.3 is 0 Å². The molecule has 0 spiro atoms. The molecule has 1 aromatic carbocycles. The van der Waals surface area contributed by atoms with E-state index in [0.717, 1.165) is 5.56 Å². The smallest absolute Gasteiger partial charge is 0.0896 e. The van der Waals surface area contributed by atoms with Gasteiger partial charge in [0.2, 0.25) is 0 Å². The Bertz CT molecular complexity index is 618. The van der Waals surface area contributed by atoms with E-state index in [-0.39, 0.29) is 11.5 Å². The second-order valence-electron chi connectivity index (χ2n) is 5.99. The van der Waals surface area contributed by atoms with Crippen LogP contribution in [0.25, 0.3) is 0 Å². The Morgan fingerprint density at radius 3 is 2.24 bits per heavy atom. The molecule has 1 atom stereocenters. The molecule has 0 radical (unpaired) electrons. The highest BCUT2D eigenvalue weighted by molar-refractivity contribution is 6.34. The van der Waals surface area contributed by atoms with Crippen molar-refractivity contribution >= 4 is 23.2 Å². The van der Waals surface area contributed by atoms with E-state index in [4.69, 9.17) is 29.0 Å². The zero-order valence-electron chi connectivity index (χ0n) is 12.3. The number of hydrogen-bond donors (Lipinski definition) is 2. The minimum atomic E-state index is -0.274. The second kappa shape index (κ2) is 6.32. The van der Waals surface area contributed by atoms with Crippen molar-refractivity contribution in [1.29, 1.82) is 0 Å². The number of halogens is 2. The second-order valence-corrected chi connectivity index (χ2v) is 6.84. The first kappa shape index (κ1) is 16.2. The van der Waals surface area contributed by atoms with Crippen molar-refractivity contribution < 1.29 is 0 Å². The van der Waals surface area contributed by atoms with E-state index in [0.29, 0.717) is 15.7 Å². The Morgan fingerprint density at radius 2 is 1.76 bits per heavy atom. The first-order valence-corrected chi connectivity index (χ1v) is 7.46. The summed E-state index contributed by atoms with van der Waals surface area (Å²) >= 11 is 12.1. The summed E-state index contributed by atoms with van der Waals surface area (Å²) in [6.07, 6.45) is 1.57. The third-order valence-electron chi connectivity index (χ3n) is 3.39. The standard InChI is InChI=1S/C16H19Cl2N3/c1-16(2,3)11-6-4-10(5-7-11)14(21-19)15-13(18)8-12(17)9-20-15/h4-9,14,21H,19H2,1-3H3. The molecule has 0 aliphatic rings. The van der Waals surface area contributed by atoms with Gasteiger partial charge in [0.05, 0.1) is 21.8 Å². The maximum Gasteiger partial charge on any atom is 0.0896 e. The van der Waals surface area contributed by atoms with Gasteiger partial charge in [-0.1, -0.05) is 68.2 Å². The highest BCUT2D eigenvalue weighted by Crippen LogP contribution is 2.29. The lowest BCUT2D eigenvalue weighted by atomic mass is 9.86. The normalized spacial score (nSPS) is 13.2. The summed E-state index contributed by atoms with van der Waals surface area (Å²) in [6.45, 7) is 6.54. The van der Waals surface area contributed by atoms with E-state index >= 15 is 0 Å². The monoisotopic (exact) mass is 323 g/mol. The zero-order valence-corrected chi connectivity index (χ0v) is 13.8. The third-order valence-corrected chi connectivity index (χ3v) is 3.90. The number of aromatic nitrogens is 1. The summed E-state index contributed by atoms with van der Waals surface area (Å²) in [5.74, 6) is 5.69. The van der Waals surface area contributed by atoms with Crippen LogP contribution in [0, 0.1) is 0 Å². The average molecular weight is 324 g/mol. The van der Waals surface area contributed by atoms with Crippen LogP contribution < -0.4 is 11.3 Å². The van der Waals surface area contributed by atoms with Crippen LogP contribution in [0.5, 0.6) is 0 Å². The molecular weight excluding hydrogens is 305 g/mol. The van der Waals surface area contributed by atoms with Gasteiger partial charge in [-0.25, -0.2) is 5.43 Å². The predicted molar refractivity (Wildman–Crippen MR) is 88.6 cm³/mol. The number of benzene rings is 1. The lowest BCUT2D eigenvalue weighted by Crippen LogP contribution is -2.29. The van der Waals surface area contributed by atoms with E-state index < -0.39 is 0 Å². The summed E-state index contributed by atoms with van der Waals surface area (Å²) < 4.78 is 0. The van der Waals surface area contributed by atoms with Gasteiger partial charge in [-0.3, -0.25) is 10.8 Å². The molecule has 1 heterocycles. The van der Waals surface area contributed by atoms with Crippen LogP contribution in [0.15, 0.2) is 36.5 Å². The first-order chi connectivity index (χ1) is 9.82. The van der Waals surface area contributed by atoms with Crippen LogP contribution >= 0.6 is 23.2 Å². The van der Waals surface area contributed by atoms with Crippen molar-refractivity contribution in [2.24, 2.45) is 5.84 Å². The van der Waals surface area contributed by atoms with Crippen LogP contribution in [0.1, 0.15) is 43.6 Å². The minimum Gasteiger partial charge on any atom is -0.271 e. The Hall–Kier alpha value is -1.13. The highest BCUT2D eigenvalue weighted by atomic mass is 35.5. The molecule has 3 nitrogen and oxygen atoms in total. The van der Waals surface area contributed by atoms with E-state index in [1.54, 1.807) is 12.3 Å². The van der Waals surface area contributed by atoms with Crippen LogP contribution in [0.3, 0.4) is 0 Å². The lowest BCUT2D eigenvalue weighted by Gasteiger charge is -2.21. The average Bonchev–Trinajstić information content (AvgIpc) is 2.41. The number of nitrogens with one attached hydrogen (secondary N) is 1. The molecule has 2 aromatic rings. The van der Waals surface area contributed by atoms with Crippen molar-refractivity contribution in [3.05, 3.63) is 63.4 Å². The first-order valence-electron chi connectivity index (χ1n) is 6.70. The topological polar surface area (TPSA) is 50.9 Å². The van der Waals surface area contributed by atoms with Crippen LogP contribution in [0.4, 0.5) is 0 Å². The molecule has 112 valence electrons. The predicted octanol–water partition coefficient (Wildman–Crippen LogP) is 4.24. The molecule has 0 fully saturated rings. The molecule has 0 saturated heterocycles. The molecule has 2 rings (SSSR count). The maximum absolute atomic E-state index is 6.21. The van der Waals surface area contributed by atoms with Gasteiger partial charge in [0.25, 0.3) is 0 Å². The minimum absolute atomic E-state index is 0.111. The van der Waals surface area contributed by atoms with Crippen molar-refractivity contribution in [2.75, 3.05) is 0 Å². The Balaban J connectivity index is 2.37. The van der Waals surface area contributed by atoms with Gasteiger partial charge in [0.15, 0.2) is 0 Å². The van der Waals surface area contributed by atoms with Gasteiger partial charge in [0.1, 0.15) is 0 Å². The summed E-state index contributed by atoms with van der Waals surface area (Å²) in [6, 6.07) is 9.67. The van der Waals surface area contributed by atoms with E-state index in [1.165, 1.54) is 5.56 Å². The summed E-state index contributed by atoms with van der Waals surface area (Å²) in [5, 5.41) is 0.993. The fourth-order valence-corrected chi connectivity index (χ4v) is 2.64. The van der Waals surface area contributed by atoms with Crippen LogP contribution in [0.2, 0.25) is 10.0 Å². The third kappa shape index (κ3) is 3.74. The molecule has 3 N–H and O–H groups in total. The molecule has 0 saturated carbocycles. The molecule has 1 aromatic heterocycles. The highest BCUT2D eigenvalue weighted by Gasteiger charge is 2.19. The van der Waals surface area contributed by atoms with Crippen molar-refractivity contribution in [2.45, 2.75) is 32.2 Å². The number of nitrogens with zero attached hydrogens (tertiary/aromatic N) is 1. The van der Waals surface area contributed by atoms with Gasteiger partial charge in [-0.15, -0.1) is 0 Å². The number of nitrogens with two attached hydrogens (primary N) is 1. The molecule has 0 aliphatic carbocycles. The maximum atomic E-state index is 6.21.